The van der Waals surface area contributed by atoms with Crippen LogP contribution in [0.3, 0.4) is 0 Å². The molecule has 0 amide bonds. The van der Waals surface area contributed by atoms with Crippen LogP contribution in [0.15, 0.2) is 64.7 Å². The average molecular weight is 393 g/mol. The van der Waals surface area contributed by atoms with E-state index in [9.17, 15) is 4.39 Å². The Morgan fingerprint density at radius 1 is 1.38 bits per heavy atom. The van der Waals surface area contributed by atoms with E-state index in [1.165, 1.54) is 31.8 Å². The van der Waals surface area contributed by atoms with E-state index < -0.39 is 0 Å². The number of nitrogen functional groups attached to an aromatic ring is 1. The van der Waals surface area contributed by atoms with Crippen molar-refractivity contribution in [2.75, 3.05) is 18.2 Å². The highest BCUT2D eigenvalue weighted by atomic mass is 19.1. The maximum atomic E-state index is 13.4. The molecule has 2 aliphatic rings. The molecular formula is C20H20FN7O. The summed E-state index contributed by atoms with van der Waals surface area (Å²) in [5, 5.41) is 10.4. The normalized spacial score (nSPS) is 20.1. The monoisotopic (exact) mass is 393 g/mol. The van der Waals surface area contributed by atoms with E-state index in [1.807, 2.05) is 24.3 Å². The van der Waals surface area contributed by atoms with Crippen molar-refractivity contribution in [3.05, 3.63) is 71.5 Å². The van der Waals surface area contributed by atoms with E-state index in [-0.39, 0.29) is 17.9 Å². The molecule has 1 aliphatic carbocycles. The summed E-state index contributed by atoms with van der Waals surface area (Å²) in [6, 6.07) is 6.54. The number of rotatable bonds is 6. The van der Waals surface area contributed by atoms with Gasteiger partial charge in [-0.15, -0.1) is 0 Å². The van der Waals surface area contributed by atoms with Gasteiger partial charge in [-0.05, 0) is 29.8 Å². The van der Waals surface area contributed by atoms with E-state index in [1.54, 1.807) is 6.07 Å². The van der Waals surface area contributed by atoms with Crippen molar-refractivity contribution in [1.29, 1.82) is 0 Å². The van der Waals surface area contributed by atoms with Crippen molar-refractivity contribution in [2.45, 2.75) is 18.5 Å². The van der Waals surface area contributed by atoms with Gasteiger partial charge in [0.1, 0.15) is 36.7 Å². The largest absolute Gasteiger partial charge is 0.399 e. The number of fused-ring (bicyclic) bond motifs is 1. The van der Waals surface area contributed by atoms with E-state index in [4.69, 9.17) is 10.6 Å². The first-order chi connectivity index (χ1) is 14.1. The van der Waals surface area contributed by atoms with Gasteiger partial charge in [0, 0.05) is 12.1 Å². The zero-order valence-corrected chi connectivity index (χ0v) is 15.7. The molecule has 2 unspecified atom stereocenters. The number of oxime groups is 1. The number of benzene rings is 1. The molecule has 0 saturated heterocycles. The third kappa shape index (κ3) is 4.23. The van der Waals surface area contributed by atoms with Crippen LogP contribution in [-0.4, -0.2) is 41.2 Å². The number of aromatic nitrogens is 2. The van der Waals surface area contributed by atoms with Gasteiger partial charge in [0.2, 0.25) is 0 Å². The van der Waals surface area contributed by atoms with Crippen molar-refractivity contribution >= 4 is 23.7 Å². The molecule has 148 valence electrons. The van der Waals surface area contributed by atoms with Crippen LogP contribution in [0.2, 0.25) is 0 Å². The summed E-state index contributed by atoms with van der Waals surface area (Å²) in [6.07, 6.45) is 9.37. The number of aliphatic imine (C=N–C) groups is 1. The molecule has 1 aromatic heterocycles. The van der Waals surface area contributed by atoms with Gasteiger partial charge in [-0.3, -0.25) is 4.99 Å². The number of amidine groups is 1. The van der Waals surface area contributed by atoms with Crippen molar-refractivity contribution in [3.8, 4) is 0 Å². The standard InChI is InChI=1S/C20H20FN7O/c1-29-25-10-15-19(22)23-11-24-20(15)26-14-5-6-16-17(9-14)28-18(27-16)8-12-3-2-4-13(21)7-12/h2-7,9-11,16-17H,8H2,1H3,(H,27,28)(H3,22,23,24,26)/b25-10+. The number of nitrogens with one attached hydrogen (secondary N) is 2. The van der Waals surface area contributed by atoms with Crippen LogP contribution in [0, 0.1) is 5.82 Å². The number of nitrogens with two attached hydrogens (primary N) is 1. The van der Waals surface area contributed by atoms with Gasteiger partial charge in [-0.2, -0.15) is 0 Å². The molecule has 2 heterocycles. The quantitative estimate of drug-likeness (QED) is 0.512. The zero-order valence-electron chi connectivity index (χ0n) is 15.7. The summed E-state index contributed by atoms with van der Waals surface area (Å²) < 4.78 is 13.4. The molecule has 0 saturated carbocycles. The van der Waals surface area contributed by atoms with Gasteiger partial charge in [-0.1, -0.05) is 23.4 Å². The van der Waals surface area contributed by atoms with E-state index in [2.05, 4.69) is 30.7 Å². The van der Waals surface area contributed by atoms with Crippen LogP contribution < -0.4 is 16.4 Å². The lowest BCUT2D eigenvalue weighted by Gasteiger charge is -2.19. The Bertz CT molecular complexity index is 1030. The van der Waals surface area contributed by atoms with E-state index >= 15 is 0 Å². The van der Waals surface area contributed by atoms with Gasteiger partial charge in [-0.25, -0.2) is 14.4 Å². The number of allylic oxidation sites excluding steroid dienone is 1. The highest BCUT2D eigenvalue weighted by Gasteiger charge is 2.27. The molecule has 8 nitrogen and oxygen atoms in total. The SMILES string of the molecule is CO/N=C/c1c(N)ncnc1NC1=CC2NC(Cc3cccc(F)c3)=NC2C=C1. The molecule has 2 aromatic rings. The molecule has 29 heavy (non-hydrogen) atoms. The first-order valence-electron chi connectivity index (χ1n) is 9.04. The minimum Gasteiger partial charge on any atom is -0.399 e. The van der Waals surface area contributed by atoms with Gasteiger partial charge < -0.3 is 21.2 Å². The van der Waals surface area contributed by atoms with Crippen molar-refractivity contribution < 1.29 is 9.23 Å². The third-order valence-corrected chi connectivity index (χ3v) is 4.56. The van der Waals surface area contributed by atoms with Crippen LogP contribution in [0.4, 0.5) is 16.0 Å². The summed E-state index contributed by atoms with van der Waals surface area (Å²) in [5.74, 6) is 1.39. The summed E-state index contributed by atoms with van der Waals surface area (Å²) in [6.45, 7) is 0. The van der Waals surface area contributed by atoms with Crippen LogP contribution >= 0.6 is 0 Å². The van der Waals surface area contributed by atoms with Crippen LogP contribution in [0.5, 0.6) is 0 Å². The number of nitrogens with zero attached hydrogens (tertiary/aromatic N) is 4. The van der Waals surface area contributed by atoms with Crippen LogP contribution in [-0.2, 0) is 11.3 Å². The molecule has 9 heteroatoms. The van der Waals surface area contributed by atoms with Gasteiger partial charge >= 0.3 is 0 Å². The lowest BCUT2D eigenvalue weighted by atomic mass is 10.0. The Morgan fingerprint density at radius 3 is 3.10 bits per heavy atom. The molecule has 4 rings (SSSR count). The summed E-state index contributed by atoms with van der Waals surface area (Å²) in [5.41, 5.74) is 8.17. The average Bonchev–Trinajstić information content (AvgIpc) is 3.09. The molecule has 1 aromatic carbocycles. The van der Waals surface area contributed by atoms with Gasteiger partial charge in [0.15, 0.2) is 0 Å². The molecular weight excluding hydrogens is 373 g/mol. The smallest absolute Gasteiger partial charge is 0.144 e. The Labute approximate surface area is 167 Å². The second kappa shape index (κ2) is 8.09. The molecule has 0 spiro atoms. The molecule has 2 atom stereocenters. The topological polar surface area (TPSA) is 110 Å². The first-order valence-corrected chi connectivity index (χ1v) is 9.04. The lowest BCUT2D eigenvalue weighted by Crippen LogP contribution is -2.35. The molecule has 0 radical (unpaired) electrons. The fourth-order valence-corrected chi connectivity index (χ4v) is 3.23. The lowest BCUT2D eigenvalue weighted by molar-refractivity contribution is 0.215. The summed E-state index contributed by atoms with van der Waals surface area (Å²) >= 11 is 0. The van der Waals surface area contributed by atoms with Crippen molar-refractivity contribution in [1.82, 2.24) is 15.3 Å². The molecule has 4 N–H and O–H groups in total. The first kappa shape index (κ1) is 18.6. The number of anilines is 2. The van der Waals surface area contributed by atoms with E-state index in [0.29, 0.717) is 23.6 Å². The van der Waals surface area contributed by atoms with Crippen molar-refractivity contribution in [3.63, 3.8) is 0 Å². The summed E-state index contributed by atoms with van der Waals surface area (Å²) in [4.78, 5) is 17.6. The fraction of sp³-hybridized carbons (Fsp3) is 0.200. The Balaban J connectivity index is 1.47. The second-order valence-electron chi connectivity index (χ2n) is 6.59. The fourth-order valence-electron chi connectivity index (χ4n) is 3.23. The van der Waals surface area contributed by atoms with E-state index in [0.717, 1.165) is 17.1 Å². The number of hydrogen-bond acceptors (Lipinski definition) is 8. The Hall–Kier alpha value is -3.75. The van der Waals surface area contributed by atoms with Crippen LogP contribution in [0.1, 0.15) is 11.1 Å². The summed E-state index contributed by atoms with van der Waals surface area (Å²) in [7, 11) is 1.45. The number of halogens is 1. The van der Waals surface area contributed by atoms with Gasteiger partial charge in [0.25, 0.3) is 0 Å². The third-order valence-electron chi connectivity index (χ3n) is 4.56. The minimum atomic E-state index is -0.248. The van der Waals surface area contributed by atoms with Crippen molar-refractivity contribution in [2.24, 2.45) is 10.1 Å². The zero-order chi connectivity index (χ0) is 20.2. The maximum Gasteiger partial charge on any atom is 0.144 e. The second-order valence-corrected chi connectivity index (χ2v) is 6.59. The highest BCUT2D eigenvalue weighted by Crippen LogP contribution is 2.23. The maximum absolute atomic E-state index is 13.4. The molecule has 0 bridgehead atoms. The van der Waals surface area contributed by atoms with Gasteiger partial charge in [0.05, 0.1) is 23.9 Å². The molecule has 1 aliphatic heterocycles. The highest BCUT2D eigenvalue weighted by molar-refractivity contribution is 5.92. The van der Waals surface area contributed by atoms with Crippen LogP contribution in [0.25, 0.3) is 0 Å². The Kier molecular flexibility index (Phi) is 5.19. The minimum absolute atomic E-state index is 0.00124. The number of hydrogen-bond donors (Lipinski definition) is 3. The predicted molar refractivity (Wildman–Crippen MR) is 110 cm³/mol. The molecule has 0 fully saturated rings. The Morgan fingerprint density at radius 2 is 2.28 bits per heavy atom. The predicted octanol–water partition coefficient (Wildman–Crippen LogP) is 2.03.